The number of carbonyl (C=O) groups excluding carboxylic acids is 1. The van der Waals surface area contributed by atoms with Gasteiger partial charge in [0.2, 0.25) is 0 Å². The second-order valence-corrected chi connectivity index (χ2v) is 7.68. The van der Waals surface area contributed by atoms with Crippen molar-refractivity contribution in [1.82, 2.24) is 0 Å². The van der Waals surface area contributed by atoms with Gasteiger partial charge in [-0.15, -0.1) is 0 Å². The summed E-state index contributed by atoms with van der Waals surface area (Å²) >= 11 is 0. The summed E-state index contributed by atoms with van der Waals surface area (Å²) < 4.78 is 31.2. The fourth-order valence-electron chi connectivity index (χ4n) is 1.60. The quantitative estimate of drug-likeness (QED) is 0.566. The number of ether oxygens (including phenoxy) is 1. The fourth-order valence-corrected chi connectivity index (χ4v) is 2.20. The lowest BCUT2D eigenvalue weighted by atomic mass is 9.91. The van der Waals surface area contributed by atoms with Crippen molar-refractivity contribution >= 4 is 26.0 Å². The minimum absolute atomic E-state index is 0.0687. The van der Waals surface area contributed by atoms with Gasteiger partial charge in [0.1, 0.15) is 0 Å². The number of rotatable bonds is 7. The van der Waals surface area contributed by atoms with E-state index < -0.39 is 20.7 Å². The van der Waals surface area contributed by atoms with Crippen LogP contribution in [0.4, 0.5) is 0 Å². The second kappa shape index (κ2) is 7.24. The van der Waals surface area contributed by atoms with Crippen LogP contribution in [0.15, 0.2) is 24.3 Å². The molecule has 0 amide bonds. The van der Waals surface area contributed by atoms with Gasteiger partial charge in [0, 0.05) is 10.7 Å². The van der Waals surface area contributed by atoms with Crippen molar-refractivity contribution in [3.05, 3.63) is 35.4 Å². The smallest absolute Gasteiger partial charge is 0.355 e. The second-order valence-electron chi connectivity index (χ2n) is 5.52. The molecule has 0 bridgehead atoms. The molecular weight excluding hydrogens is 316 g/mol. The van der Waals surface area contributed by atoms with Gasteiger partial charge in [0.25, 0.3) is 0 Å². The largest absolute Gasteiger partial charge is 0.462 e. The Kier molecular flexibility index (Phi) is 6.19. The summed E-state index contributed by atoms with van der Waals surface area (Å²) in [5.41, 5.74) is 0.891. The maximum absolute atomic E-state index is 11.9. The first-order chi connectivity index (χ1) is 9.61. The molecule has 7 heteroatoms. The summed E-state index contributed by atoms with van der Waals surface area (Å²) in [6, 6.07) is 7.15. The molecule has 1 rings (SSSR count). The third-order valence-corrected chi connectivity index (χ3v) is 3.63. The Morgan fingerprint density at radius 2 is 1.90 bits per heavy atom. The Morgan fingerprint density at radius 3 is 2.48 bits per heavy atom. The number of hydrogen-bond acceptors (Lipinski definition) is 5. The van der Waals surface area contributed by atoms with Gasteiger partial charge in [-0.1, -0.05) is 32.0 Å². The molecule has 0 unspecified atom stereocenters. The van der Waals surface area contributed by atoms with Gasteiger partial charge in [-0.05, 0) is 30.4 Å². The SMILES string of the molecule is Cc1ccccc1C(=O)OCCC(C)(C)COS(=O)(=O)Cl. The van der Waals surface area contributed by atoms with Gasteiger partial charge in [-0.25, -0.2) is 4.79 Å². The van der Waals surface area contributed by atoms with E-state index in [1.165, 1.54) is 0 Å². The molecule has 0 spiro atoms. The maximum Gasteiger partial charge on any atom is 0.355 e. The lowest BCUT2D eigenvalue weighted by Crippen LogP contribution is -2.23. The Morgan fingerprint density at radius 1 is 1.29 bits per heavy atom. The lowest BCUT2D eigenvalue weighted by molar-refractivity contribution is 0.0428. The molecule has 118 valence electrons. The van der Waals surface area contributed by atoms with Gasteiger partial charge in [0.05, 0.1) is 18.8 Å². The molecule has 0 radical (unpaired) electrons. The van der Waals surface area contributed by atoms with Crippen LogP contribution in [-0.4, -0.2) is 27.6 Å². The van der Waals surface area contributed by atoms with Crippen LogP contribution < -0.4 is 0 Å². The molecule has 0 heterocycles. The predicted molar refractivity (Wildman–Crippen MR) is 80.6 cm³/mol. The first-order valence-corrected chi connectivity index (χ1v) is 8.66. The van der Waals surface area contributed by atoms with Gasteiger partial charge in [0.15, 0.2) is 0 Å². The Bertz CT molecular complexity index is 595. The lowest BCUT2D eigenvalue weighted by Gasteiger charge is -2.22. The van der Waals surface area contributed by atoms with Crippen LogP contribution >= 0.6 is 10.7 Å². The van der Waals surface area contributed by atoms with Crippen LogP contribution in [0.2, 0.25) is 0 Å². The highest BCUT2D eigenvalue weighted by molar-refractivity contribution is 8.09. The molecule has 0 aliphatic carbocycles. The molecule has 0 aromatic heterocycles. The highest BCUT2D eigenvalue weighted by Crippen LogP contribution is 2.22. The van der Waals surface area contributed by atoms with Crippen molar-refractivity contribution in [1.29, 1.82) is 0 Å². The molecule has 0 aliphatic heterocycles. The van der Waals surface area contributed by atoms with Crippen molar-refractivity contribution in [3.8, 4) is 0 Å². The summed E-state index contributed by atoms with van der Waals surface area (Å²) in [4.78, 5) is 11.9. The number of aryl methyl sites for hydroxylation is 1. The number of carbonyl (C=O) groups is 1. The van der Waals surface area contributed by atoms with Crippen molar-refractivity contribution < 1.29 is 22.1 Å². The standard InChI is InChI=1S/C14H19ClO5S/c1-11-6-4-5-7-12(11)13(16)19-9-8-14(2,3)10-20-21(15,17)18/h4-7H,8-10H2,1-3H3. The number of benzene rings is 1. The predicted octanol–water partition coefficient (Wildman–Crippen LogP) is 3.07. The molecule has 0 N–H and O–H groups in total. The summed E-state index contributed by atoms with van der Waals surface area (Å²) in [6.07, 6.45) is 0.455. The van der Waals surface area contributed by atoms with Crippen molar-refractivity contribution in [3.63, 3.8) is 0 Å². The molecule has 0 saturated heterocycles. The number of halogens is 1. The van der Waals surface area contributed by atoms with Crippen LogP contribution in [0.3, 0.4) is 0 Å². The minimum atomic E-state index is -3.98. The molecule has 0 fully saturated rings. The van der Waals surface area contributed by atoms with Gasteiger partial charge >= 0.3 is 15.3 Å². The zero-order valence-electron chi connectivity index (χ0n) is 12.3. The molecule has 0 atom stereocenters. The highest BCUT2D eigenvalue weighted by atomic mass is 35.7. The van der Waals surface area contributed by atoms with E-state index in [2.05, 4.69) is 4.18 Å². The molecule has 1 aromatic carbocycles. The van der Waals surface area contributed by atoms with Gasteiger partial charge in [-0.3, -0.25) is 4.18 Å². The molecule has 0 saturated carbocycles. The van der Waals surface area contributed by atoms with Gasteiger partial charge < -0.3 is 4.74 Å². The first kappa shape index (κ1) is 17.9. The number of hydrogen-bond donors (Lipinski definition) is 0. The van der Waals surface area contributed by atoms with Crippen LogP contribution in [-0.2, 0) is 18.3 Å². The summed E-state index contributed by atoms with van der Waals surface area (Å²) in [5, 5.41) is 0. The monoisotopic (exact) mass is 334 g/mol. The molecular formula is C14H19ClO5S. The maximum atomic E-state index is 11.9. The first-order valence-electron chi connectivity index (χ1n) is 6.42. The van der Waals surface area contributed by atoms with Crippen LogP contribution in [0, 0.1) is 12.3 Å². The Labute approximate surface area is 129 Å². The van der Waals surface area contributed by atoms with Crippen molar-refractivity contribution in [2.24, 2.45) is 5.41 Å². The molecule has 0 aliphatic rings. The van der Waals surface area contributed by atoms with E-state index in [0.29, 0.717) is 12.0 Å². The number of esters is 1. The molecule has 1 aromatic rings. The Balaban J connectivity index is 2.46. The van der Waals surface area contributed by atoms with Crippen LogP contribution in [0.5, 0.6) is 0 Å². The average Bonchev–Trinajstić information content (AvgIpc) is 2.36. The Hall–Kier alpha value is -1.11. The molecule has 21 heavy (non-hydrogen) atoms. The van der Waals surface area contributed by atoms with E-state index >= 15 is 0 Å². The fraction of sp³-hybridized carbons (Fsp3) is 0.500. The summed E-state index contributed by atoms with van der Waals surface area (Å²) in [6.45, 7) is 5.54. The van der Waals surface area contributed by atoms with Crippen molar-refractivity contribution in [2.45, 2.75) is 27.2 Å². The average molecular weight is 335 g/mol. The van der Waals surface area contributed by atoms with E-state index in [1.807, 2.05) is 19.1 Å². The van der Waals surface area contributed by atoms with Crippen LogP contribution in [0.1, 0.15) is 36.2 Å². The third kappa shape index (κ3) is 6.93. The summed E-state index contributed by atoms with van der Waals surface area (Å²) in [5.74, 6) is -0.394. The van der Waals surface area contributed by atoms with E-state index in [9.17, 15) is 13.2 Å². The minimum Gasteiger partial charge on any atom is -0.462 e. The zero-order chi connectivity index (χ0) is 16.1. The van der Waals surface area contributed by atoms with E-state index in [4.69, 9.17) is 15.4 Å². The zero-order valence-corrected chi connectivity index (χ0v) is 13.8. The van der Waals surface area contributed by atoms with E-state index in [-0.39, 0.29) is 13.2 Å². The van der Waals surface area contributed by atoms with E-state index in [1.54, 1.807) is 26.0 Å². The topological polar surface area (TPSA) is 69.7 Å². The third-order valence-electron chi connectivity index (χ3n) is 2.97. The van der Waals surface area contributed by atoms with Crippen molar-refractivity contribution in [2.75, 3.05) is 13.2 Å². The van der Waals surface area contributed by atoms with Gasteiger partial charge in [-0.2, -0.15) is 8.42 Å². The van der Waals surface area contributed by atoms with Crippen LogP contribution in [0.25, 0.3) is 0 Å². The summed E-state index contributed by atoms with van der Waals surface area (Å²) in [7, 11) is 1.00. The highest BCUT2D eigenvalue weighted by Gasteiger charge is 2.22. The normalized spacial score (nSPS) is 12.2. The van der Waals surface area contributed by atoms with E-state index in [0.717, 1.165) is 5.56 Å². The molecule has 5 nitrogen and oxygen atoms in total.